The van der Waals surface area contributed by atoms with E-state index in [1.54, 1.807) is 0 Å². The van der Waals surface area contributed by atoms with E-state index in [0.717, 1.165) is 75.6 Å². The van der Waals surface area contributed by atoms with Crippen LogP contribution >= 0.6 is 11.6 Å². The van der Waals surface area contributed by atoms with Crippen molar-refractivity contribution in [2.45, 2.75) is 26.3 Å². The van der Waals surface area contributed by atoms with Crippen LogP contribution in [0.1, 0.15) is 25.5 Å². The van der Waals surface area contributed by atoms with Crippen molar-refractivity contribution in [3.63, 3.8) is 0 Å². The molecular formula is C18H31ClN4O2. The maximum Gasteiger partial charge on any atom is 0.194 e. The quantitative estimate of drug-likeness (QED) is 0.412. The SMILES string of the molecule is CCNC(=NCCCOCC1CCOC1)N(C)Cc1cc(Cl)cn1C. The Bertz CT molecular complexity index is 541. The molecule has 7 heteroatoms. The summed E-state index contributed by atoms with van der Waals surface area (Å²) in [6.07, 6.45) is 3.96. The summed E-state index contributed by atoms with van der Waals surface area (Å²) in [6, 6.07) is 1.99. The van der Waals surface area contributed by atoms with Gasteiger partial charge in [-0.05, 0) is 25.8 Å². The molecule has 25 heavy (non-hydrogen) atoms. The zero-order chi connectivity index (χ0) is 18.1. The molecule has 2 heterocycles. The standard InChI is InChI=1S/C18H31ClN4O2/c1-4-20-18(23(3)12-17-10-16(19)11-22(17)2)21-7-5-8-24-13-15-6-9-25-14-15/h10-11,15H,4-9,12-14H2,1-3H3,(H,20,21). The molecule has 0 amide bonds. The average molecular weight is 371 g/mol. The number of nitrogens with zero attached hydrogens (tertiary/aromatic N) is 3. The Morgan fingerprint density at radius 3 is 3.04 bits per heavy atom. The molecule has 1 aromatic rings. The fourth-order valence-corrected chi connectivity index (χ4v) is 3.10. The van der Waals surface area contributed by atoms with Crippen molar-refractivity contribution in [2.75, 3.05) is 46.6 Å². The van der Waals surface area contributed by atoms with Gasteiger partial charge in [-0.1, -0.05) is 11.6 Å². The van der Waals surface area contributed by atoms with Crippen LogP contribution in [0.15, 0.2) is 17.3 Å². The summed E-state index contributed by atoms with van der Waals surface area (Å²) in [5.41, 5.74) is 1.15. The van der Waals surface area contributed by atoms with Gasteiger partial charge >= 0.3 is 0 Å². The summed E-state index contributed by atoms with van der Waals surface area (Å²) in [5.74, 6) is 1.48. The summed E-state index contributed by atoms with van der Waals surface area (Å²) in [5, 5.41) is 4.10. The third-order valence-corrected chi connectivity index (χ3v) is 4.46. The highest BCUT2D eigenvalue weighted by molar-refractivity contribution is 6.30. The summed E-state index contributed by atoms with van der Waals surface area (Å²) in [7, 11) is 4.05. The van der Waals surface area contributed by atoms with E-state index in [2.05, 4.69) is 17.1 Å². The second-order valence-electron chi connectivity index (χ2n) is 6.51. The lowest BCUT2D eigenvalue weighted by Gasteiger charge is -2.22. The molecule has 1 unspecified atom stereocenters. The first-order valence-electron chi connectivity index (χ1n) is 9.05. The summed E-state index contributed by atoms with van der Waals surface area (Å²) in [4.78, 5) is 6.82. The molecule has 6 nitrogen and oxygen atoms in total. The van der Waals surface area contributed by atoms with Crippen LogP contribution in [-0.4, -0.2) is 62.0 Å². The molecule has 0 aromatic carbocycles. The van der Waals surface area contributed by atoms with Gasteiger partial charge in [-0.2, -0.15) is 0 Å². The normalized spacial score (nSPS) is 17.9. The Labute approximate surface area is 156 Å². The molecule has 0 aliphatic carbocycles. The average Bonchev–Trinajstić information content (AvgIpc) is 3.19. The van der Waals surface area contributed by atoms with Crippen LogP contribution in [0, 0.1) is 5.92 Å². The van der Waals surface area contributed by atoms with Gasteiger partial charge in [-0.3, -0.25) is 4.99 Å². The van der Waals surface area contributed by atoms with Crippen LogP contribution in [0.3, 0.4) is 0 Å². The molecule has 0 saturated carbocycles. The van der Waals surface area contributed by atoms with E-state index in [-0.39, 0.29) is 0 Å². The minimum atomic E-state index is 0.573. The van der Waals surface area contributed by atoms with Crippen molar-refractivity contribution in [1.82, 2.24) is 14.8 Å². The van der Waals surface area contributed by atoms with Gasteiger partial charge in [0.15, 0.2) is 5.96 Å². The monoisotopic (exact) mass is 370 g/mol. The van der Waals surface area contributed by atoms with Crippen molar-refractivity contribution in [3.05, 3.63) is 23.0 Å². The van der Waals surface area contributed by atoms with E-state index in [0.29, 0.717) is 5.92 Å². The van der Waals surface area contributed by atoms with Crippen LogP contribution in [0.25, 0.3) is 0 Å². The zero-order valence-electron chi connectivity index (χ0n) is 15.6. The first kappa shape index (κ1) is 20.1. The highest BCUT2D eigenvalue weighted by Gasteiger charge is 2.15. The number of aryl methyl sites for hydroxylation is 1. The minimum Gasteiger partial charge on any atom is -0.381 e. The highest BCUT2D eigenvalue weighted by atomic mass is 35.5. The molecule has 0 radical (unpaired) electrons. The van der Waals surface area contributed by atoms with Crippen molar-refractivity contribution >= 4 is 17.6 Å². The third kappa shape index (κ3) is 6.88. The van der Waals surface area contributed by atoms with Crippen molar-refractivity contribution in [3.8, 4) is 0 Å². The molecule has 142 valence electrons. The number of hydrogen-bond acceptors (Lipinski definition) is 3. The molecule has 1 aliphatic heterocycles. The first-order valence-corrected chi connectivity index (χ1v) is 9.43. The zero-order valence-corrected chi connectivity index (χ0v) is 16.4. The fourth-order valence-electron chi connectivity index (χ4n) is 2.83. The smallest absolute Gasteiger partial charge is 0.194 e. The number of aromatic nitrogens is 1. The van der Waals surface area contributed by atoms with Gasteiger partial charge < -0.3 is 24.3 Å². The van der Waals surface area contributed by atoms with E-state index < -0.39 is 0 Å². The number of ether oxygens (including phenoxy) is 2. The lowest BCUT2D eigenvalue weighted by molar-refractivity contribution is 0.0893. The van der Waals surface area contributed by atoms with Gasteiger partial charge in [0.1, 0.15) is 0 Å². The molecule has 1 saturated heterocycles. The number of rotatable bonds is 9. The molecule has 1 fully saturated rings. The maximum absolute atomic E-state index is 6.06. The molecule has 0 spiro atoms. The highest BCUT2D eigenvalue weighted by Crippen LogP contribution is 2.14. The van der Waals surface area contributed by atoms with Crippen molar-refractivity contribution in [1.29, 1.82) is 0 Å². The van der Waals surface area contributed by atoms with E-state index >= 15 is 0 Å². The molecule has 1 aliphatic rings. The van der Waals surface area contributed by atoms with Crippen LogP contribution in [0.2, 0.25) is 5.02 Å². The lowest BCUT2D eigenvalue weighted by Crippen LogP contribution is -2.39. The third-order valence-electron chi connectivity index (χ3n) is 4.26. The molecule has 0 bridgehead atoms. The second-order valence-corrected chi connectivity index (χ2v) is 6.95. The lowest BCUT2D eigenvalue weighted by atomic mass is 10.1. The Morgan fingerprint density at radius 2 is 2.40 bits per heavy atom. The number of nitrogens with one attached hydrogen (secondary N) is 1. The predicted molar refractivity (Wildman–Crippen MR) is 102 cm³/mol. The summed E-state index contributed by atoms with van der Waals surface area (Å²) >= 11 is 6.06. The predicted octanol–water partition coefficient (Wildman–Crippen LogP) is 2.52. The van der Waals surface area contributed by atoms with E-state index in [1.807, 2.05) is 30.9 Å². The van der Waals surface area contributed by atoms with Gasteiger partial charge in [0, 0.05) is 58.2 Å². The van der Waals surface area contributed by atoms with Crippen LogP contribution in [-0.2, 0) is 23.1 Å². The van der Waals surface area contributed by atoms with Gasteiger partial charge in [0.05, 0.1) is 24.8 Å². The Kier molecular flexibility index (Phi) is 8.58. The second kappa shape index (κ2) is 10.7. The van der Waals surface area contributed by atoms with Gasteiger partial charge in [-0.15, -0.1) is 0 Å². The fraction of sp³-hybridized carbons (Fsp3) is 0.722. The van der Waals surface area contributed by atoms with E-state index in [9.17, 15) is 0 Å². The van der Waals surface area contributed by atoms with Crippen LogP contribution in [0.4, 0.5) is 0 Å². The number of aliphatic imine (C=N–C) groups is 1. The Balaban J connectivity index is 1.73. The Hall–Kier alpha value is -1.24. The molecular weight excluding hydrogens is 340 g/mol. The largest absolute Gasteiger partial charge is 0.381 e. The Morgan fingerprint density at radius 1 is 1.56 bits per heavy atom. The minimum absolute atomic E-state index is 0.573. The van der Waals surface area contributed by atoms with Crippen molar-refractivity contribution in [2.24, 2.45) is 18.0 Å². The number of hydrogen-bond donors (Lipinski definition) is 1. The van der Waals surface area contributed by atoms with Crippen molar-refractivity contribution < 1.29 is 9.47 Å². The topological polar surface area (TPSA) is 51.0 Å². The van der Waals surface area contributed by atoms with Crippen LogP contribution < -0.4 is 5.32 Å². The number of halogens is 1. The summed E-state index contributed by atoms with van der Waals surface area (Å²) < 4.78 is 13.1. The number of guanidine groups is 1. The molecule has 1 aromatic heterocycles. The summed E-state index contributed by atoms with van der Waals surface area (Å²) in [6.45, 7) is 7.70. The molecule has 1 N–H and O–H groups in total. The van der Waals surface area contributed by atoms with Gasteiger partial charge in [-0.25, -0.2) is 0 Å². The maximum atomic E-state index is 6.06. The molecule has 1 atom stereocenters. The van der Waals surface area contributed by atoms with Gasteiger partial charge in [0.25, 0.3) is 0 Å². The van der Waals surface area contributed by atoms with Gasteiger partial charge in [0.2, 0.25) is 0 Å². The van der Waals surface area contributed by atoms with E-state index in [1.165, 1.54) is 0 Å². The van der Waals surface area contributed by atoms with Crippen LogP contribution in [0.5, 0.6) is 0 Å². The first-order chi connectivity index (χ1) is 12.1. The molecule has 2 rings (SSSR count). The van der Waals surface area contributed by atoms with E-state index in [4.69, 9.17) is 26.1 Å².